The van der Waals surface area contributed by atoms with Crippen molar-refractivity contribution >= 4 is 23.6 Å². The number of nitrogens with one attached hydrogen (secondary N) is 1. The van der Waals surface area contributed by atoms with Crippen molar-refractivity contribution in [3.63, 3.8) is 0 Å². The highest BCUT2D eigenvalue weighted by Gasteiger charge is 2.19. The van der Waals surface area contributed by atoms with E-state index in [1.807, 2.05) is 6.26 Å². The van der Waals surface area contributed by atoms with E-state index in [2.05, 4.69) is 17.1 Å². The summed E-state index contributed by atoms with van der Waals surface area (Å²) in [4.78, 5) is 25.3. The zero-order chi connectivity index (χ0) is 15.7. The van der Waals surface area contributed by atoms with E-state index >= 15 is 0 Å². The Morgan fingerprint density at radius 3 is 2.62 bits per heavy atom. The third-order valence-electron chi connectivity index (χ3n) is 4.00. The summed E-state index contributed by atoms with van der Waals surface area (Å²) < 4.78 is 0. The van der Waals surface area contributed by atoms with E-state index in [-0.39, 0.29) is 5.91 Å². The molecule has 0 saturated carbocycles. The van der Waals surface area contributed by atoms with Crippen LogP contribution in [0, 0.1) is 5.92 Å². The number of aliphatic carboxylic acids is 1. The van der Waals surface area contributed by atoms with E-state index in [9.17, 15) is 9.59 Å². The second kappa shape index (κ2) is 10.1. The third kappa shape index (κ3) is 7.71. The first-order valence-corrected chi connectivity index (χ1v) is 9.15. The van der Waals surface area contributed by atoms with E-state index in [4.69, 9.17) is 5.11 Å². The first-order valence-electron chi connectivity index (χ1n) is 7.76. The van der Waals surface area contributed by atoms with E-state index in [1.54, 1.807) is 11.8 Å². The molecule has 1 saturated heterocycles. The van der Waals surface area contributed by atoms with Crippen LogP contribution in [0.15, 0.2) is 0 Å². The number of carboxylic acid groups (broad SMARTS) is 1. The molecule has 0 aromatic carbocycles. The minimum Gasteiger partial charge on any atom is -0.480 e. The highest BCUT2D eigenvalue weighted by atomic mass is 32.2. The van der Waals surface area contributed by atoms with Crippen LogP contribution in [0.2, 0.25) is 0 Å². The highest BCUT2D eigenvalue weighted by molar-refractivity contribution is 7.98. The number of nitrogens with zero attached hydrogens (tertiary/aromatic N) is 1. The maximum Gasteiger partial charge on any atom is 0.326 e. The van der Waals surface area contributed by atoms with Gasteiger partial charge in [0.05, 0.1) is 0 Å². The molecule has 1 heterocycles. The average Bonchev–Trinajstić information content (AvgIpc) is 2.45. The second-order valence-electron chi connectivity index (χ2n) is 5.87. The minimum atomic E-state index is -0.942. The number of hydrogen-bond donors (Lipinski definition) is 2. The third-order valence-corrected chi connectivity index (χ3v) is 4.64. The fourth-order valence-corrected chi connectivity index (χ4v) is 2.98. The zero-order valence-corrected chi connectivity index (χ0v) is 14.0. The van der Waals surface area contributed by atoms with Crippen LogP contribution in [0.5, 0.6) is 0 Å². The topological polar surface area (TPSA) is 69.6 Å². The number of likely N-dealkylation sites (tertiary alicyclic amines) is 1. The van der Waals surface area contributed by atoms with Gasteiger partial charge in [-0.25, -0.2) is 4.79 Å². The van der Waals surface area contributed by atoms with Gasteiger partial charge in [-0.05, 0) is 63.2 Å². The lowest BCUT2D eigenvalue weighted by molar-refractivity contribution is -0.141. The van der Waals surface area contributed by atoms with Crippen molar-refractivity contribution in [1.82, 2.24) is 10.2 Å². The predicted molar refractivity (Wildman–Crippen MR) is 86.6 cm³/mol. The number of piperidine rings is 1. The second-order valence-corrected chi connectivity index (χ2v) is 6.85. The normalized spacial score (nSPS) is 18.4. The van der Waals surface area contributed by atoms with Gasteiger partial charge in [0.25, 0.3) is 0 Å². The van der Waals surface area contributed by atoms with Crippen LogP contribution >= 0.6 is 11.8 Å². The Morgan fingerprint density at radius 1 is 1.38 bits per heavy atom. The summed E-state index contributed by atoms with van der Waals surface area (Å²) in [7, 11) is 0. The van der Waals surface area contributed by atoms with E-state index in [0.717, 1.165) is 37.7 Å². The van der Waals surface area contributed by atoms with E-state index < -0.39 is 12.0 Å². The van der Waals surface area contributed by atoms with Gasteiger partial charge in [-0.15, -0.1) is 0 Å². The van der Waals surface area contributed by atoms with E-state index in [1.165, 1.54) is 12.8 Å². The molecule has 1 fully saturated rings. The molecule has 0 aliphatic carbocycles. The maximum absolute atomic E-state index is 11.8. The maximum atomic E-state index is 11.8. The Hall–Kier alpha value is -0.750. The predicted octanol–water partition coefficient (Wildman–Crippen LogP) is 1.82. The van der Waals surface area contributed by atoms with Crippen LogP contribution in [0.1, 0.15) is 39.0 Å². The number of carbonyl (C=O) groups is 2. The SMILES string of the molecule is CSCCC(NC(=O)CCCN1CCC(C)CC1)C(=O)O. The van der Waals surface area contributed by atoms with Crippen LogP contribution in [0.25, 0.3) is 0 Å². The monoisotopic (exact) mass is 316 g/mol. The number of carboxylic acids is 1. The lowest BCUT2D eigenvalue weighted by atomic mass is 9.99. The molecule has 1 amide bonds. The van der Waals surface area contributed by atoms with Gasteiger partial charge in [0, 0.05) is 6.42 Å². The van der Waals surface area contributed by atoms with Gasteiger partial charge < -0.3 is 15.3 Å². The van der Waals surface area contributed by atoms with Crippen LogP contribution in [0.3, 0.4) is 0 Å². The number of hydrogen-bond acceptors (Lipinski definition) is 4. The van der Waals surface area contributed by atoms with Gasteiger partial charge in [-0.2, -0.15) is 11.8 Å². The van der Waals surface area contributed by atoms with E-state index in [0.29, 0.717) is 12.8 Å². The molecular formula is C15H28N2O3S. The molecule has 5 nitrogen and oxygen atoms in total. The molecule has 0 aromatic heterocycles. The molecule has 6 heteroatoms. The number of carbonyl (C=O) groups excluding carboxylic acids is 1. The highest BCUT2D eigenvalue weighted by Crippen LogP contribution is 2.16. The summed E-state index contributed by atoms with van der Waals surface area (Å²) in [6, 6.07) is -0.749. The molecule has 21 heavy (non-hydrogen) atoms. The first-order chi connectivity index (χ1) is 10.0. The molecule has 0 radical (unpaired) electrons. The summed E-state index contributed by atoms with van der Waals surface area (Å²) in [5.41, 5.74) is 0. The summed E-state index contributed by atoms with van der Waals surface area (Å²) >= 11 is 1.59. The van der Waals surface area contributed by atoms with Gasteiger partial charge in [0.2, 0.25) is 5.91 Å². The van der Waals surface area contributed by atoms with Crippen LogP contribution < -0.4 is 5.32 Å². The van der Waals surface area contributed by atoms with Gasteiger partial charge in [0.15, 0.2) is 0 Å². The smallest absolute Gasteiger partial charge is 0.326 e. The molecule has 0 aromatic rings. The number of rotatable bonds is 9. The van der Waals surface area contributed by atoms with Crippen molar-refractivity contribution in [1.29, 1.82) is 0 Å². The van der Waals surface area contributed by atoms with Crippen LogP contribution in [-0.2, 0) is 9.59 Å². The van der Waals surface area contributed by atoms with Gasteiger partial charge in [0.1, 0.15) is 6.04 Å². The lowest BCUT2D eigenvalue weighted by Gasteiger charge is -2.30. The fraction of sp³-hybridized carbons (Fsp3) is 0.867. The molecule has 1 aliphatic heterocycles. The van der Waals surface area contributed by atoms with Crippen LogP contribution in [0.4, 0.5) is 0 Å². The van der Waals surface area contributed by atoms with Crippen molar-refractivity contribution in [3.05, 3.63) is 0 Å². The zero-order valence-electron chi connectivity index (χ0n) is 13.1. The summed E-state index contributed by atoms with van der Waals surface area (Å²) in [6.07, 6.45) is 6.10. The minimum absolute atomic E-state index is 0.145. The Labute approximate surface area is 131 Å². The molecule has 0 spiro atoms. The Kier molecular flexibility index (Phi) is 8.76. The van der Waals surface area contributed by atoms with Crippen molar-refractivity contribution < 1.29 is 14.7 Å². The Bertz CT molecular complexity index is 331. The quantitative estimate of drug-likeness (QED) is 0.679. The fourth-order valence-electron chi connectivity index (χ4n) is 2.51. The van der Waals surface area contributed by atoms with Crippen molar-refractivity contribution in [2.45, 2.75) is 45.1 Å². The Balaban J connectivity index is 2.18. The molecule has 2 N–H and O–H groups in total. The average molecular weight is 316 g/mol. The van der Waals surface area contributed by atoms with Crippen molar-refractivity contribution in [2.75, 3.05) is 31.6 Å². The molecule has 0 bridgehead atoms. The number of amides is 1. The van der Waals surface area contributed by atoms with Gasteiger partial charge in [-0.1, -0.05) is 6.92 Å². The summed E-state index contributed by atoms with van der Waals surface area (Å²) in [5.74, 6) is 0.469. The Morgan fingerprint density at radius 2 is 2.05 bits per heavy atom. The van der Waals surface area contributed by atoms with Crippen LogP contribution in [-0.4, -0.2) is 59.6 Å². The van der Waals surface area contributed by atoms with Crippen molar-refractivity contribution in [3.8, 4) is 0 Å². The molecule has 122 valence electrons. The van der Waals surface area contributed by atoms with Gasteiger partial charge >= 0.3 is 5.97 Å². The first kappa shape index (κ1) is 18.3. The number of thioether (sulfide) groups is 1. The lowest BCUT2D eigenvalue weighted by Crippen LogP contribution is -2.41. The van der Waals surface area contributed by atoms with Gasteiger partial charge in [-0.3, -0.25) is 4.79 Å². The summed E-state index contributed by atoms with van der Waals surface area (Å²) in [6.45, 7) is 5.45. The van der Waals surface area contributed by atoms with Crippen molar-refractivity contribution in [2.24, 2.45) is 5.92 Å². The largest absolute Gasteiger partial charge is 0.480 e. The molecule has 1 unspecified atom stereocenters. The molecular weight excluding hydrogens is 288 g/mol. The standard InChI is InChI=1S/C15H28N2O3S/c1-12-5-9-17(10-6-12)8-3-4-14(18)16-13(15(19)20)7-11-21-2/h12-13H,3-11H2,1-2H3,(H,16,18)(H,19,20). The molecule has 1 aliphatic rings. The summed E-state index contributed by atoms with van der Waals surface area (Å²) in [5, 5.41) is 11.7. The molecule has 1 atom stereocenters. The molecule has 1 rings (SSSR count).